The van der Waals surface area contributed by atoms with Gasteiger partial charge < -0.3 is 4.52 Å². The predicted octanol–water partition coefficient (Wildman–Crippen LogP) is 5.03. The molecule has 0 bridgehead atoms. The van der Waals surface area contributed by atoms with E-state index in [0.717, 1.165) is 11.3 Å². The van der Waals surface area contributed by atoms with Crippen LogP contribution in [0.5, 0.6) is 0 Å². The van der Waals surface area contributed by atoms with Gasteiger partial charge in [0, 0.05) is 5.82 Å². The predicted molar refractivity (Wildman–Crippen MR) is 77.4 cm³/mol. The number of benzene rings is 1. The average Bonchev–Trinajstić information content (AvgIpc) is 2.27. The zero-order valence-corrected chi connectivity index (χ0v) is 12.2. The van der Waals surface area contributed by atoms with Crippen LogP contribution in [0.2, 0.25) is 0 Å². The minimum Gasteiger partial charge on any atom is -0.315 e. The fourth-order valence-corrected chi connectivity index (χ4v) is 5.06. The summed E-state index contributed by atoms with van der Waals surface area (Å²) in [5.41, 5.74) is 1.04. The number of hydrogen-bond donors (Lipinski definition) is 0. The first-order valence-corrected chi connectivity index (χ1v) is 9.01. The highest BCUT2D eigenvalue weighted by Crippen LogP contribution is 2.61. The maximum atomic E-state index is 12.5. The first kappa shape index (κ1) is 14.6. The molecule has 2 nitrogen and oxygen atoms in total. The van der Waals surface area contributed by atoms with Gasteiger partial charge in [-0.1, -0.05) is 48.6 Å². The van der Waals surface area contributed by atoms with Gasteiger partial charge in [0.25, 0.3) is 6.57 Å². The molecule has 0 fully saturated rings. The molecular weight excluding hydrogens is 251 g/mol. The lowest BCUT2D eigenvalue weighted by Crippen LogP contribution is -1.97. The highest BCUT2D eigenvalue weighted by Gasteiger charge is 2.20. The summed E-state index contributed by atoms with van der Waals surface area (Å²) in [6, 6.07) is 9.84. The molecule has 1 rings (SSSR count). The highest BCUT2D eigenvalue weighted by molar-refractivity contribution is 8.57. The molecule has 1 aromatic rings. The summed E-state index contributed by atoms with van der Waals surface area (Å²) in [7, 11) is 0. The van der Waals surface area contributed by atoms with Gasteiger partial charge in [-0.3, -0.25) is 4.57 Å². The zero-order chi connectivity index (χ0) is 12.7. The van der Waals surface area contributed by atoms with Crippen LogP contribution >= 0.6 is 18.0 Å². The van der Waals surface area contributed by atoms with Gasteiger partial charge in [0.15, 0.2) is 0 Å². The number of rotatable bonds is 6. The fraction of sp³-hybridized carbons (Fsp3) is 0.385. The Morgan fingerprint density at radius 3 is 2.53 bits per heavy atom. The normalized spacial score (nSPS) is 15.3. The van der Waals surface area contributed by atoms with Crippen molar-refractivity contribution < 1.29 is 9.09 Å². The third-order valence-corrected chi connectivity index (χ3v) is 6.24. The van der Waals surface area contributed by atoms with Crippen LogP contribution in [0.1, 0.15) is 26.3 Å². The van der Waals surface area contributed by atoms with Gasteiger partial charge in [-0.25, -0.2) is 0 Å². The molecule has 0 saturated heterocycles. The van der Waals surface area contributed by atoms with Crippen LogP contribution in [0.4, 0.5) is 0 Å². The monoisotopic (exact) mass is 270 g/mol. The maximum absolute atomic E-state index is 12.5. The van der Waals surface area contributed by atoms with Crippen molar-refractivity contribution in [3.8, 4) is 0 Å². The maximum Gasteiger partial charge on any atom is 0.280 e. The van der Waals surface area contributed by atoms with Crippen molar-refractivity contribution in [2.24, 2.45) is 0 Å². The van der Waals surface area contributed by atoms with E-state index in [1.165, 1.54) is 11.4 Å². The topological polar surface area (TPSA) is 26.3 Å². The summed E-state index contributed by atoms with van der Waals surface area (Å²) in [5, 5.41) is 0. The van der Waals surface area contributed by atoms with Crippen LogP contribution in [-0.4, -0.2) is 11.9 Å². The Morgan fingerprint density at radius 2 is 2.00 bits per heavy atom. The van der Waals surface area contributed by atoms with E-state index in [-0.39, 0.29) is 6.10 Å². The summed E-state index contributed by atoms with van der Waals surface area (Å²) in [6.07, 6.45) is 1.84. The summed E-state index contributed by atoms with van der Waals surface area (Å²) >= 11 is 1.37. The first-order chi connectivity index (χ1) is 8.06. The van der Waals surface area contributed by atoms with Crippen LogP contribution in [0, 0.1) is 0 Å². The van der Waals surface area contributed by atoms with E-state index in [4.69, 9.17) is 4.52 Å². The average molecular weight is 270 g/mol. The smallest absolute Gasteiger partial charge is 0.280 e. The Labute approximate surface area is 108 Å². The molecule has 1 atom stereocenters. The highest BCUT2D eigenvalue weighted by atomic mass is 32.7. The second-order valence-electron chi connectivity index (χ2n) is 3.84. The van der Waals surface area contributed by atoms with Crippen LogP contribution in [0.15, 0.2) is 36.1 Å². The van der Waals surface area contributed by atoms with E-state index < -0.39 is 6.57 Å². The van der Waals surface area contributed by atoms with E-state index >= 15 is 0 Å². The van der Waals surface area contributed by atoms with Crippen LogP contribution < -0.4 is 0 Å². The second kappa shape index (κ2) is 7.05. The largest absolute Gasteiger partial charge is 0.315 e. The van der Waals surface area contributed by atoms with E-state index in [1.54, 1.807) is 5.82 Å². The first-order valence-electron chi connectivity index (χ1n) is 5.72. The van der Waals surface area contributed by atoms with Crippen LogP contribution in [0.25, 0.3) is 6.08 Å². The van der Waals surface area contributed by atoms with E-state index in [9.17, 15) is 4.57 Å². The van der Waals surface area contributed by atoms with Crippen LogP contribution in [-0.2, 0) is 9.09 Å². The van der Waals surface area contributed by atoms with Crippen molar-refractivity contribution in [3.05, 3.63) is 41.7 Å². The number of hydrogen-bond acceptors (Lipinski definition) is 3. The molecule has 4 heteroatoms. The second-order valence-corrected chi connectivity index (χ2v) is 8.56. The summed E-state index contributed by atoms with van der Waals surface area (Å²) in [5.74, 6) is 2.49. The molecule has 94 valence electrons. The van der Waals surface area contributed by atoms with Crippen molar-refractivity contribution in [2.75, 3.05) is 5.75 Å². The minimum absolute atomic E-state index is 0.0275. The Balaban J connectivity index is 2.79. The van der Waals surface area contributed by atoms with Crippen molar-refractivity contribution in [1.29, 1.82) is 0 Å². The third-order valence-electron chi connectivity index (χ3n) is 1.92. The van der Waals surface area contributed by atoms with E-state index in [1.807, 2.05) is 57.2 Å². The molecular formula is C13H19O2PS. The molecule has 1 aromatic carbocycles. The Morgan fingerprint density at radius 1 is 1.35 bits per heavy atom. The van der Waals surface area contributed by atoms with Crippen molar-refractivity contribution in [2.45, 2.75) is 26.9 Å². The van der Waals surface area contributed by atoms with Gasteiger partial charge in [0.1, 0.15) is 0 Å². The lowest BCUT2D eigenvalue weighted by molar-refractivity contribution is 0.257. The quantitative estimate of drug-likeness (QED) is 0.678. The van der Waals surface area contributed by atoms with Crippen molar-refractivity contribution >= 4 is 24.0 Å². The van der Waals surface area contributed by atoms with E-state index in [0.29, 0.717) is 0 Å². The van der Waals surface area contributed by atoms with Gasteiger partial charge in [-0.2, -0.15) is 0 Å². The summed E-state index contributed by atoms with van der Waals surface area (Å²) in [4.78, 5) is 0. The SMILES string of the molecule is CCSP(=O)(/C=C/c1ccccc1)OC(C)C. The summed E-state index contributed by atoms with van der Waals surface area (Å²) < 4.78 is 18.0. The lowest BCUT2D eigenvalue weighted by atomic mass is 10.2. The van der Waals surface area contributed by atoms with Gasteiger partial charge in [0.05, 0.1) is 6.10 Å². The molecule has 0 amide bonds. The van der Waals surface area contributed by atoms with Gasteiger partial charge in [-0.15, -0.1) is 0 Å². The lowest BCUT2D eigenvalue weighted by Gasteiger charge is -2.16. The van der Waals surface area contributed by atoms with Gasteiger partial charge in [-0.05, 0) is 31.2 Å². The molecule has 0 radical (unpaired) electrons. The molecule has 0 aliphatic rings. The van der Waals surface area contributed by atoms with Crippen molar-refractivity contribution in [1.82, 2.24) is 0 Å². The standard InChI is InChI=1S/C13H19O2PS/c1-4-17-16(14,15-12(2)3)11-10-13-8-6-5-7-9-13/h5-12H,4H2,1-3H3/b11-10+. The summed E-state index contributed by atoms with van der Waals surface area (Å²) in [6.45, 7) is 3.08. The zero-order valence-electron chi connectivity index (χ0n) is 10.5. The Hall–Kier alpha value is -0.500. The molecule has 0 aromatic heterocycles. The molecule has 0 aliphatic carbocycles. The van der Waals surface area contributed by atoms with Crippen molar-refractivity contribution in [3.63, 3.8) is 0 Å². The third kappa shape index (κ3) is 5.58. The molecule has 17 heavy (non-hydrogen) atoms. The minimum atomic E-state index is -2.70. The molecule has 0 spiro atoms. The molecule has 0 N–H and O–H groups in total. The van der Waals surface area contributed by atoms with Crippen LogP contribution in [0.3, 0.4) is 0 Å². The van der Waals surface area contributed by atoms with Gasteiger partial charge >= 0.3 is 0 Å². The fourth-order valence-electron chi connectivity index (χ4n) is 1.32. The molecule has 0 aliphatic heterocycles. The molecule has 0 saturated carbocycles. The van der Waals surface area contributed by atoms with E-state index in [2.05, 4.69) is 0 Å². The Bertz CT molecular complexity index is 401. The Kier molecular flexibility index (Phi) is 6.04. The molecule has 0 heterocycles. The van der Waals surface area contributed by atoms with Gasteiger partial charge in [0.2, 0.25) is 0 Å². The molecule has 1 unspecified atom stereocenters.